The van der Waals surface area contributed by atoms with Crippen LogP contribution in [-0.2, 0) is 16.1 Å². The molecule has 0 aliphatic rings. The second-order valence-electron chi connectivity index (χ2n) is 6.65. The van der Waals surface area contributed by atoms with E-state index < -0.39 is 6.04 Å². The Morgan fingerprint density at radius 2 is 1.53 bits per heavy atom. The van der Waals surface area contributed by atoms with E-state index in [0.717, 1.165) is 11.1 Å². The van der Waals surface area contributed by atoms with Gasteiger partial charge < -0.3 is 15.0 Å². The highest BCUT2D eigenvalue weighted by molar-refractivity contribution is 6.32. The maximum absolute atomic E-state index is 13.2. The van der Waals surface area contributed by atoms with Crippen LogP contribution in [0.1, 0.15) is 17.2 Å². The molecule has 0 fully saturated rings. The number of hydrogen-bond acceptors (Lipinski definition) is 3. The lowest BCUT2D eigenvalue weighted by Gasteiger charge is -2.31. The largest absolute Gasteiger partial charge is 0.482 e. The summed E-state index contributed by atoms with van der Waals surface area (Å²) in [6.07, 6.45) is 0. The van der Waals surface area contributed by atoms with Crippen LogP contribution in [0, 0.1) is 0 Å². The summed E-state index contributed by atoms with van der Waals surface area (Å²) in [7, 11) is 1.56. The molecule has 0 aromatic heterocycles. The quantitative estimate of drug-likeness (QED) is 0.590. The number of nitrogens with zero attached hydrogens (tertiary/aromatic N) is 1. The number of hydrogen-bond donors (Lipinski definition) is 1. The van der Waals surface area contributed by atoms with Crippen LogP contribution in [0.25, 0.3) is 0 Å². The Morgan fingerprint density at radius 3 is 2.17 bits per heavy atom. The highest BCUT2D eigenvalue weighted by Crippen LogP contribution is 2.26. The number of likely N-dealkylation sites (N-methyl/N-ethyl adjacent to an activating group) is 1. The average Bonchev–Trinajstić information content (AvgIpc) is 2.79. The van der Waals surface area contributed by atoms with Crippen LogP contribution < -0.4 is 10.1 Å². The minimum Gasteiger partial charge on any atom is -0.482 e. The van der Waals surface area contributed by atoms with Crippen molar-refractivity contribution in [2.45, 2.75) is 12.6 Å². The SMILES string of the molecule is CNC(=O)C(c1ccccc1)N(Cc1ccccc1)C(=O)COc1ccccc1Cl. The first-order valence-electron chi connectivity index (χ1n) is 9.57. The van der Waals surface area contributed by atoms with Gasteiger partial charge >= 0.3 is 0 Å². The van der Waals surface area contributed by atoms with Gasteiger partial charge in [-0.15, -0.1) is 0 Å². The standard InChI is InChI=1S/C24H23ClN2O3/c1-26-24(29)23(19-12-6-3-7-13-19)27(16-18-10-4-2-5-11-18)22(28)17-30-21-15-9-8-14-20(21)25/h2-15,23H,16-17H2,1H3,(H,26,29). The molecule has 154 valence electrons. The molecule has 6 heteroatoms. The van der Waals surface area contributed by atoms with Crippen molar-refractivity contribution in [1.29, 1.82) is 0 Å². The van der Waals surface area contributed by atoms with Crippen molar-refractivity contribution in [3.8, 4) is 5.75 Å². The Labute approximate surface area is 181 Å². The normalized spacial score (nSPS) is 11.4. The van der Waals surface area contributed by atoms with E-state index in [-0.39, 0.29) is 25.0 Å². The van der Waals surface area contributed by atoms with Crippen LogP contribution >= 0.6 is 11.6 Å². The Balaban J connectivity index is 1.90. The molecule has 3 aromatic rings. The van der Waals surface area contributed by atoms with E-state index in [4.69, 9.17) is 16.3 Å². The topological polar surface area (TPSA) is 58.6 Å². The number of carbonyl (C=O) groups is 2. The van der Waals surface area contributed by atoms with E-state index in [9.17, 15) is 9.59 Å². The fourth-order valence-corrected chi connectivity index (χ4v) is 3.32. The smallest absolute Gasteiger partial charge is 0.261 e. The van der Waals surface area contributed by atoms with Gasteiger partial charge in [0.1, 0.15) is 11.8 Å². The second kappa shape index (κ2) is 10.5. The summed E-state index contributed by atoms with van der Waals surface area (Å²) in [6, 6.07) is 24.9. The minimum absolute atomic E-state index is 0.239. The van der Waals surface area contributed by atoms with Gasteiger partial charge in [0.05, 0.1) is 5.02 Å². The zero-order valence-corrected chi connectivity index (χ0v) is 17.4. The first-order valence-corrected chi connectivity index (χ1v) is 9.95. The van der Waals surface area contributed by atoms with E-state index in [1.807, 2.05) is 60.7 Å². The molecule has 0 bridgehead atoms. The van der Waals surface area contributed by atoms with E-state index in [1.165, 1.54) is 4.90 Å². The maximum atomic E-state index is 13.2. The fraction of sp³-hybridized carbons (Fsp3) is 0.167. The predicted octanol–water partition coefficient (Wildman–Crippen LogP) is 4.23. The molecule has 30 heavy (non-hydrogen) atoms. The number of ether oxygens (including phenoxy) is 1. The van der Waals surface area contributed by atoms with Gasteiger partial charge in [-0.1, -0.05) is 84.4 Å². The Hall–Kier alpha value is -3.31. The van der Waals surface area contributed by atoms with Crippen molar-refractivity contribution in [2.75, 3.05) is 13.7 Å². The number of carbonyl (C=O) groups excluding carboxylic acids is 2. The van der Waals surface area contributed by atoms with Crippen LogP contribution in [0.5, 0.6) is 5.75 Å². The van der Waals surface area contributed by atoms with E-state index in [0.29, 0.717) is 10.8 Å². The van der Waals surface area contributed by atoms with Crippen molar-refractivity contribution in [2.24, 2.45) is 0 Å². The summed E-state index contributed by atoms with van der Waals surface area (Å²) in [4.78, 5) is 27.6. The van der Waals surface area contributed by atoms with Crippen molar-refractivity contribution in [3.63, 3.8) is 0 Å². The number of para-hydroxylation sites is 1. The minimum atomic E-state index is -0.793. The van der Waals surface area contributed by atoms with Crippen LogP contribution in [0.2, 0.25) is 5.02 Å². The summed E-state index contributed by atoms with van der Waals surface area (Å²) in [5.41, 5.74) is 1.63. The van der Waals surface area contributed by atoms with E-state index in [1.54, 1.807) is 31.3 Å². The van der Waals surface area contributed by atoms with Gasteiger partial charge in [-0.2, -0.15) is 0 Å². The lowest BCUT2D eigenvalue weighted by molar-refractivity contribution is -0.143. The Kier molecular flexibility index (Phi) is 7.46. The van der Waals surface area contributed by atoms with Crippen LogP contribution in [-0.4, -0.2) is 30.4 Å². The molecule has 2 amide bonds. The maximum Gasteiger partial charge on any atom is 0.261 e. The molecule has 0 saturated heterocycles. The van der Waals surface area contributed by atoms with Gasteiger partial charge in [-0.3, -0.25) is 9.59 Å². The third kappa shape index (κ3) is 5.39. The predicted molar refractivity (Wildman–Crippen MR) is 117 cm³/mol. The van der Waals surface area contributed by atoms with Gasteiger partial charge in [0.25, 0.3) is 5.91 Å². The first kappa shape index (κ1) is 21.4. The van der Waals surface area contributed by atoms with Gasteiger partial charge in [0, 0.05) is 13.6 Å². The Bertz CT molecular complexity index is 980. The molecule has 3 rings (SSSR count). The zero-order valence-electron chi connectivity index (χ0n) is 16.6. The molecular formula is C24H23ClN2O3. The number of benzene rings is 3. The van der Waals surface area contributed by atoms with Crippen LogP contribution in [0.4, 0.5) is 0 Å². The molecule has 1 atom stereocenters. The molecule has 5 nitrogen and oxygen atoms in total. The summed E-state index contributed by atoms with van der Waals surface area (Å²) in [5.74, 6) is -0.178. The van der Waals surface area contributed by atoms with E-state index in [2.05, 4.69) is 5.32 Å². The monoisotopic (exact) mass is 422 g/mol. The number of amides is 2. The molecule has 0 aliphatic carbocycles. The molecule has 0 saturated carbocycles. The third-order valence-corrected chi connectivity index (χ3v) is 4.94. The fourth-order valence-electron chi connectivity index (χ4n) is 3.13. The van der Waals surface area contributed by atoms with Crippen LogP contribution in [0.3, 0.4) is 0 Å². The molecular weight excluding hydrogens is 400 g/mol. The number of nitrogens with one attached hydrogen (secondary N) is 1. The van der Waals surface area contributed by atoms with Gasteiger partial charge in [0.15, 0.2) is 6.61 Å². The van der Waals surface area contributed by atoms with Crippen molar-refractivity contribution >= 4 is 23.4 Å². The average molecular weight is 423 g/mol. The molecule has 3 aromatic carbocycles. The third-order valence-electron chi connectivity index (χ3n) is 4.63. The van der Waals surface area contributed by atoms with Gasteiger partial charge in [0.2, 0.25) is 5.91 Å². The van der Waals surface area contributed by atoms with Gasteiger partial charge in [-0.25, -0.2) is 0 Å². The number of rotatable bonds is 8. The van der Waals surface area contributed by atoms with Gasteiger partial charge in [-0.05, 0) is 23.3 Å². The molecule has 1 N–H and O–H groups in total. The zero-order chi connectivity index (χ0) is 21.3. The van der Waals surface area contributed by atoms with Crippen molar-refractivity contribution in [1.82, 2.24) is 10.2 Å². The first-order chi connectivity index (χ1) is 14.6. The molecule has 1 unspecified atom stereocenters. The molecule has 0 aliphatic heterocycles. The summed E-state index contributed by atoms with van der Waals surface area (Å²) in [6.45, 7) is 0.0232. The lowest BCUT2D eigenvalue weighted by atomic mass is 10.0. The van der Waals surface area contributed by atoms with Crippen molar-refractivity contribution < 1.29 is 14.3 Å². The summed E-state index contributed by atoms with van der Waals surface area (Å²) in [5, 5.41) is 3.09. The van der Waals surface area contributed by atoms with Crippen LogP contribution in [0.15, 0.2) is 84.9 Å². The highest BCUT2D eigenvalue weighted by Gasteiger charge is 2.31. The lowest BCUT2D eigenvalue weighted by Crippen LogP contribution is -2.44. The molecule has 0 spiro atoms. The Morgan fingerprint density at radius 1 is 0.933 bits per heavy atom. The summed E-state index contributed by atoms with van der Waals surface area (Å²) >= 11 is 6.13. The van der Waals surface area contributed by atoms with E-state index >= 15 is 0 Å². The van der Waals surface area contributed by atoms with Crippen molar-refractivity contribution in [3.05, 3.63) is 101 Å². The highest BCUT2D eigenvalue weighted by atomic mass is 35.5. The molecule has 0 heterocycles. The second-order valence-corrected chi connectivity index (χ2v) is 7.06. The molecule has 0 radical (unpaired) electrons. The summed E-state index contributed by atoms with van der Waals surface area (Å²) < 4.78 is 5.66. The number of halogens is 1.